The molecule has 0 saturated carbocycles. The largest absolute Gasteiger partial charge is 0.326 e. The molecule has 10 heteroatoms. The van der Waals surface area contributed by atoms with Gasteiger partial charge >= 0.3 is 0 Å². The topological polar surface area (TPSA) is 93.5 Å². The summed E-state index contributed by atoms with van der Waals surface area (Å²) in [6, 6.07) is 11.8. The first-order valence-corrected chi connectivity index (χ1v) is 11.3. The number of nitriles is 1. The van der Waals surface area contributed by atoms with E-state index in [-0.39, 0.29) is 10.1 Å². The van der Waals surface area contributed by atoms with Crippen molar-refractivity contribution < 1.29 is 13.2 Å². The van der Waals surface area contributed by atoms with Crippen molar-refractivity contribution in [2.24, 2.45) is 0 Å². The monoisotopic (exact) mass is 438 g/mol. The van der Waals surface area contributed by atoms with E-state index < -0.39 is 10.0 Å². The molecule has 0 radical (unpaired) electrons. The molecule has 0 unspecified atom stereocenters. The number of rotatable bonds is 6. The van der Waals surface area contributed by atoms with E-state index in [1.54, 1.807) is 30.3 Å². The minimum atomic E-state index is -3.50. The van der Waals surface area contributed by atoms with Gasteiger partial charge in [-0.25, -0.2) is 8.42 Å². The van der Waals surface area contributed by atoms with Crippen LogP contribution in [-0.4, -0.2) is 56.3 Å². The fourth-order valence-corrected chi connectivity index (χ4v) is 5.93. The SMILES string of the molecule is N#Cc1ccc(NC(=O)CCN2CCN(S(=O)(=O)c3ccc(Cl)s3)CC2)cc1. The van der Waals surface area contributed by atoms with Gasteiger partial charge in [0.1, 0.15) is 4.21 Å². The molecule has 1 amide bonds. The van der Waals surface area contributed by atoms with Crippen LogP contribution in [0.25, 0.3) is 0 Å². The summed E-state index contributed by atoms with van der Waals surface area (Å²) < 4.78 is 27.4. The van der Waals surface area contributed by atoms with Gasteiger partial charge in [-0.15, -0.1) is 11.3 Å². The molecule has 0 aliphatic carbocycles. The van der Waals surface area contributed by atoms with Crippen LogP contribution in [0.1, 0.15) is 12.0 Å². The maximum Gasteiger partial charge on any atom is 0.252 e. The Kier molecular flexibility index (Phi) is 6.69. The van der Waals surface area contributed by atoms with E-state index in [4.69, 9.17) is 16.9 Å². The molecule has 2 aromatic rings. The Morgan fingerprint density at radius 3 is 2.39 bits per heavy atom. The van der Waals surface area contributed by atoms with Crippen molar-refractivity contribution in [3.05, 3.63) is 46.3 Å². The summed E-state index contributed by atoms with van der Waals surface area (Å²) >= 11 is 6.91. The number of hydrogen-bond donors (Lipinski definition) is 1. The molecule has 1 fully saturated rings. The number of piperazine rings is 1. The van der Waals surface area contributed by atoms with E-state index in [0.717, 1.165) is 11.3 Å². The lowest BCUT2D eigenvalue weighted by atomic mass is 10.2. The van der Waals surface area contributed by atoms with Crippen LogP contribution in [0.2, 0.25) is 4.34 Å². The number of anilines is 1. The van der Waals surface area contributed by atoms with Crippen molar-refractivity contribution >= 4 is 44.6 Å². The van der Waals surface area contributed by atoms with Gasteiger partial charge in [-0.05, 0) is 36.4 Å². The lowest BCUT2D eigenvalue weighted by molar-refractivity contribution is -0.116. The number of thiophene rings is 1. The second-order valence-electron chi connectivity index (χ2n) is 6.29. The Bertz CT molecular complexity index is 975. The van der Waals surface area contributed by atoms with E-state index in [1.165, 1.54) is 10.4 Å². The van der Waals surface area contributed by atoms with Crippen LogP contribution in [-0.2, 0) is 14.8 Å². The summed E-state index contributed by atoms with van der Waals surface area (Å²) in [4.78, 5) is 14.2. The van der Waals surface area contributed by atoms with Crippen molar-refractivity contribution in [3.8, 4) is 6.07 Å². The number of carbonyl (C=O) groups excluding carboxylic acids is 1. The summed E-state index contributed by atoms with van der Waals surface area (Å²) in [7, 11) is -3.50. The fraction of sp³-hybridized carbons (Fsp3) is 0.333. The van der Waals surface area contributed by atoms with Crippen LogP contribution in [0, 0.1) is 11.3 Å². The molecule has 1 N–H and O–H groups in total. The first-order valence-electron chi connectivity index (χ1n) is 8.66. The lowest BCUT2D eigenvalue weighted by Gasteiger charge is -2.33. The third-order valence-electron chi connectivity index (χ3n) is 4.43. The molecule has 1 aliphatic rings. The first-order chi connectivity index (χ1) is 13.4. The van der Waals surface area contributed by atoms with Gasteiger partial charge in [0.15, 0.2) is 0 Å². The van der Waals surface area contributed by atoms with E-state index in [9.17, 15) is 13.2 Å². The lowest BCUT2D eigenvalue weighted by Crippen LogP contribution is -2.48. The average Bonchev–Trinajstić information content (AvgIpc) is 3.14. The molecule has 28 heavy (non-hydrogen) atoms. The third-order valence-corrected chi connectivity index (χ3v) is 8.02. The Balaban J connectivity index is 1.45. The van der Waals surface area contributed by atoms with Crippen LogP contribution in [0.15, 0.2) is 40.6 Å². The zero-order valence-corrected chi connectivity index (χ0v) is 17.4. The summed E-state index contributed by atoms with van der Waals surface area (Å²) in [6.45, 7) is 2.47. The zero-order chi connectivity index (χ0) is 20.1. The van der Waals surface area contributed by atoms with Gasteiger partial charge in [0.25, 0.3) is 10.0 Å². The van der Waals surface area contributed by atoms with Gasteiger partial charge in [0, 0.05) is 44.8 Å². The van der Waals surface area contributed by atoms with Gasteiger partial charge < -0.3 is 10.2 Å². The van der Waals surface area contributed by atoms with Crippen molar-refractivity contribution in [1.29, 1.82) is 5.26 Å². The van der Waals surface area contributed by atoms with Gasteiger partial charge in [-0.2, -0.15) is 9.57 Å². The van der Waals surface area contributed by atoms with E-state index >= 15 is 0 Å². The second kappa shape index (κ2) is 9.03. The maximum atomic E-state index is 12.6. The fourth-order valence-electron chi connectivity index (χ4n) is 2.87. The predicted molar refractivity (Wildman–Crippen MR) is 109 cm³/mol. The second-order valence-corrected chi connectivity index (χ2v) is 10.2. The Morgan fingerprint density at radius 1 is 1.14 bits per heavy atom. The molecule has 0 spiro atoms. The number of halogens is 1. The minimum Gasteiger partial charge on any atom is -0.326 e. The molecule has 2 heterocycles. The van der Waals surface area contributed by atoms with Crippen molar-refractivity contribution in [2.45, 2.75) is 10.6 Å². The Labute approximate surface area is 173 Å². The first kappa shape index (κ1) is 20.8. The number of carbonyl (C=O) groups is 1. The number of amides is 1. The van der Waals surface area contributed by atoms with Crippen molar-refractivity contribution in [3.63, 3.8) is 0 Å². The molecule has 1 saturated heterocycles. The number of hydrogen-bond acceptors (Lipinski definition) is 6. The summed E-state index contributed by atoms with van der Waals surface area (Å²) in [6.07, 6.45) is 0.313. The van der Waals surface area contributed by atoms with Gasteiger partial charge in [-0.3, -0.25) is 4.79 Å². The maximum absolute atomic E-state index is 12.6. The molecule has 1 aromatic carbocycles. The van der Waals surface area contributed by atoms with Crippen LogP contribution in [0.5, 0.6) is 0 Å². The molecule has 1 aromatic heterocycles. The average molecular weight is 439 g/mol. The third kappa shape index (κ3) is 5.10. The van der Waals surface area contributed by atoms with Crippen molar-refractivity contribution in [2.75, 3.05) is 38.0 Å². The molecule has 148 valence electrons. The summed E-state index contributed by atoms with van der Waals surface area (Å²) in [5.74, 6) is -0.118. The predicted octanol–water partition coefficient (Wildman–Crippen LogP) is 2.61. The van der Waals surface area contributed by atoms with Crippen LogP contribution in [0.3, 0.4) is 0 Å². The van der Waals surface area contributed by atoms with E-state index in [2.05, 4.69) is 10.2 Å². The molecule has 7 nitrogen and oxygen atoms in total. The van der Waals surface area contributed by atoms with Crippen LogP contribution < -0.4 is 5.32 Å². The quantitative estimate of drug-likeness (QED) is 0.748. The number of sulfonamides is 1. The highest BCUT2D eigenvalue weighted by atomic mass is 35.5. The van der Waals surface area contributed by atoms with Gasteiger partial charge in [0.2, 0.25) is 5.91 Å². The molecular weight excluding hydrogens is 420 g/mol. The van der Waals surface area contributed by atoms with Crippen LogP contribution >= 0.6 is 22.9 Å². The van der Waals surface area contributed by atoms with Crippen LogP contribution in [0.4, 0.5) is 5.69 Å². The van der Waals surface area contributed by atoms with E-state index in [0.29, 0.717) is 54.7 Å². The Morgan fingerprint density at radius 2 is 1.82 bits per heavy atom. The number of nitrogens with one attached hydrogen (secondary N) is 1. The number of nitrogens with zero attached hydrogens (tertiary/aromatic N) is 3. The number of benzene rings is 1. The molecule has 1 aliphatic heterocycles. The van der Waals surface area contributed by atoms with Crippen molar-refractivity contribution in [1.82, 2.24) is 9.21 Å². The van der Waals surface area contributed by atoms with Gasteiger partial charge in [0.05, 0.1) is 16.0 Å². The standard InChI is InChI=1S/C18H19ClN4O3S2/c19-16-5-6-18(27-16)28(25,26)23-11-9-22(10-12-23)8-7-17(24)21-15-3-1-14(13-20)2-4-15/h1-6H,7-12H2,(H,21,24). The summed E-state index contributed by atoms with van der Waals surface area (Å²) in [5.41, 5.74) is 1.19. The molecule has 3 rings (SSSR count). The Hall–Kier alpha value is -1.96. The minimum absolute atomic E-state index is 0.118. The molecule has 0 bridgehead atoms. The molecular formula is C18H19ClN4O3S2. The highest BCUT2D eigenvalue weighted by molar-refractivity contribution is 7.91. The van der Waals surface area contributed by atoms with E-state index in [1.807, 2.05) is 6.07 Å². The van der Waals surface area contributed by atoms with Gasteiger partial charge in [-0.1, -0.05) is 11.6 Å². The molecule has 0 atom stereocenters. The highest BCUT2D eigenvalue weighted by Gasteiger charge is 2.29. The highest BCUT2D eigenvalue weighted by Crippen LogP contribution is 2.28. The zero-order valence-electron chi connectivity index (χ0n) is 15.0. The summed E-state index contributed by atoms with van der Waals surface area (Å²) in [5, 5.41) is 11.6. The normalized spacial score (nSPS) is 15.9. The smallest absolute Gasteiger partial charge is 0.252 e.